The zero-order valence-corrected chi connectivity index (χ0v) is 27.4. The van der Waals surface area contributed by atoms with E-state index < -0.39 is 22.3 Å². The molecule has 0 aliphatic carbocycles. The zero-order chi connectivity index (χ0) is 25.4. The largest absolute Gasteiger partial charge is 0.356 e. The summed E-state index contributed by atoms with van der Waals surface area (Å²) in [7, 11) is 1.20. The van der Waals surface area contributed by atoms with Gasteiger partial charge in [-0.25, -0.2) is 0 Å². The average Bonchev–Trinajstić information content (AvgIpc) is 2.75. The van der Waals surface area contributed by atoms with Crippen molar-refractivity contribution in [2.75, 3.05) is 39.6 Å². The summed E-state index contributed by atoms with van der Waals surface area (Å²) in [6.07, 6.45) is 6.51. The summed E-state index contributed by atoms with van der Waals surface area (Å²) in [6.45, 7) is 19.6. The Hall–Kier alpha value is 0.154. The molecule has 0 saturated carbocycles. The molecule has 0 aliphatic heterocycles. The lowest BCUT2D eigenvalue weighted by Crippen LogP contribution is -2.76. The van der Waals surface area contributed by atoms with E-state index in [-0.39, 0.29) is 0 Å². The molecule has 4 unspecified atom stereocenters. The Morgan fingerprint density at radius 1 is 0.515 bits per heavy atom. The van der Waals surface area contributed by atoms with Crippen molar-refractivity contribution in [2.45, 2.75) is 116 Å². The quantitative estimate of drug-likeness (QED) is 0.137. The molecule has 0 heterocycles. The SMILES string of the molecule is CCCCCOC([SiH3])(OCC)C(C)(NC(C)(OCC)C([SiH3])(OCC)OCCCCC)OCC. The second kappa shape index (κ2) is 16.8. The Balaban J connectivity index is 6.10. The summed E-state index contributed by atoms with van der Waals surface area (Å²) in [6, 6.07) is 0. The molecule has 1 N–H and O–H groups in total. The van der Waals surface area contributed by atoms with Crippen LogP contribution in [0.3, 0.4) is 0 Å². The number of hydrogen-bond acceptors (Lipinski definition) is 7. The zero-order valence-electron chi connectivity index (χ0n) is 23.4. The van der Waals surface area contributed by atoms with Gasteiger partial charge in [0, 0.05) is 39.6 Å². The maximum atomic E-state index is 6.43. The summed E-state index contributed by atoms with van der Waals surface area (Å²) in [5.74, 6) is 0. The molecule has 0 aliphatic rings. The number of rotatable bonds is 22. The summed E-state index contributed by atoms with van der Waals surface area (Å²) in [5.41, 5.74) is -3.72. The van der Waals surface area contributed by atoms with Crippen LogP contribution in [0, 0.1) is 0 Å². The van der Waals surface area contributed by atoms with E-state index in [0.717, 1.165) is 38.5 Å². The van der Waals surface area contributed by atoms with Crippen LogP contribution in [0.4, 0.5) is 0 Å². The topological polar surface area (TPSA) is 67.4 Å². The van der Waals surface area contributed by atoms with Crippen LogP contribution in [0.5, 0.6) is 0 Å². The van der Waals surface area contributed by atoms with Crippen molar-refractivity contribution in [1.82, 2.24) is 5.32 Å². The van der Waals surface area contributed by atoms with Crippen molar-refractivity contribution >= 4 is 20.5 Å². The van der Waals surface area contributed by atoms with E-state index in [2.05, 4.69) is 19.2 Å². The van der Waals surface area contributed by atoms with Gasteiger partial charge in [0.15, 0.2) is 22.3 Å². The molecule has 0 aromatic heterocycles. The molecule has 9 heteroatoms. The minimum absolute atomic E-state index is 0.501. The van der Waals surface area contributed by atoms with Gasteiger partial charge in [-0.15, -0.1) is 0 Å². The Kier molecular flexibility index (Phi) is 16.8. The van der Waals surface area contributed by atoms with Gasteiger partial charge >= 0.3 is 0 Å². The van der Waals surface area contributed by atoms with Gasteiger partial charge in [-0.1, -0.05) is 39.5 Å². The Morgan fingerprint density at radius 3 is 1.12 bits per heavy atom. The second-order valence-corrected chi connectivity index (χ2v) is 11.6. The fraction of sp³-hybridized carbons (Fsp3) is 1.00. The van der Waals surface area contributed by atoms with Crippen molar-refractivity contribution < 1.29 is 28.4 Å². The number of hydrogen-bond donors (Lipinski definition) is 1. The highest BCUT2D eigenvalue weighted by atomic mass is 28.2. The first-order valence-electron chi connectivity index (χ1n) is 13.2. The smallest absolute Gasteiger partial charge is 0.182 e. The van der Waals surface area contributed by atoms with Gasteiger partial charge < -0.3 is 28.4 Å². The van der Waals surface area contributed by atoms with Crippen molar-refractivity contribution in [3.05, 3.63) is 0 Å². The molecule has 0 aromatic carbocycles. The first-order chi connectivity index (χ1) is 15.6. The fourth-order valence-corrected chi connectivity index (χ4v) is 5.54. The van der Waals surface area contributed by atoms with Crippen molar-refractivity contribution in [1.29, 1.82) is 0 Å². The summed E-state index contributed by atoms with van der Waals surface area (Å²) < 4.78 is 38.1. The summed E-state index contributed by atoms with van der Waals surface area (Å²) in [5, 5.41) is 3.67. The first kappa shape index (κ1) is 33.2. The van der Waals surface area contributed by atoms with Crippen molar-refractivity contribution in [3.8, 4) is 0 Å². The van der Waals surface area contributed by atoms with Gasteiger partial charge in [0.05, 0.1) is 20.5 Å². The molecule has 0 bridgehead atoms. The minimum Gasteiger partial charge on any atom is -0.356 e. The van der Waals surface area contributed by atoms with Crippen LogP contribution in [0.15, 0.2) is 0 Å². The molecular formula is C24H55NO6Si2. The molecule has 7 nitrogen and oxygen atoms in total. The third-order valence-corrected chi connectivity index (χ3v) is 9.23. The number of nitrogens with one attached hydrogen (secondary N) is 1. The van der Waals surface area contributed by atoms with E-state index in [1.54, 1.807) is 0 Å². The van der Waals surface area contributed by atoms with E-state index in [1.165, 1.54) is 0 Å². The Morgan fingerprint density at radius 2 is 0.848 bits per heavy atom. The Bertz CT molecular complexity index is 464. The van der Waals surface area contributed by atoms with E-state index in [0.29, 0.717) is 60.1 Å². The summed E-state index contributed by atoms with van der Waals surface area (Å²) in [4.78, 5) is 0. The van der Waals surface area contributed by atoms with Gasteiger partial charge in [-0.3, -0.25) is 5.32 Å². The van der Waals surface area contributed by atoms with Gasteiger partial charge in [-0.05, 0) is 54.4 Å². The molecule has 0 fully saturated rings. The van der Waals surface area contributed by atoms with E-state index in [1.807, 2.05) is 41.5 Å². The normalized spacial score (nSPS) is 19.6. The second-order valence-electron chi connectivity index (χ2n) is 8.93. The molecule has 0 spiro atoms. The average molecular weight is 510 g/mol. The van der Waals surface area contributed by atoms with Crippen LogP contribution in [-0.2, 0) is 28.4 Å². The maximum absolute atomic E-state index is 6.43. The molecule has 0 amide bonds. The fourth-order valence-electron chi connectivity index (χ4n) is 4.02. The molecule has 200 valence electrons. The highest BCUT2D eigenvalue weighted by Gasteiger charge is 2.57. The number of ether oxygens (including phenoxy) is 6. The molecule has 33 heavy (non-hydrogen) atoms. The van der Waals surface area contributed by atoms with Crippen LogP contribution < -0.4 is 5.32 Å². The third-order valence-electron chi connectivity index (χ3n) is 6.17. The predicted molar refractivity (Wildman–Crippen MR) is 143 cm³/mol. The van der Waals surface area contributed by atoms with Gasteiger partial charge in [0.2, 0.25) is 0 Å². The predicted octanol–water partition coefficient (Wildman–Crippen LogP) is 2.61. The lowest BCUT2D eigenvalue weighted by Gasteiger charge is -2.54. The summed E-state index contributed by atoms with van der Waals surface area (Å²) >= 11 is 0. The van der Waals surface area contributed by atoms with Crippen molar-refractivity contribution in [2.24, 2.45) is 0 Å². The van der Waals surface area contributed by atoms with Crippen LogP contribution in [0.1, 0.15) is 93.9 Å². The Labute approximate surface area is 210 Å². The van der Waals surface area contributed by atoms with Crippen LogP contribution >= 0.6 is 0 Å². The monoisotopic (exact) mass is 509 g/mol. The molecule has 4 atom stereocenters. The van der Waals surface area contributed by atoms with E-state index >= 15 is 0 Å². The van der Waals surface area contributed by atoms with Crippen molar-refractivity contribution in [3.63, 3.8) is 0 Å². The van der Waals surface area contributed by atoms with Crippen LogP contribution in [0.2, 0.25) is 0 Å². The van der Waals surface area contributed by atoms with E-state index in [9.17, 15) is 0 Å². The molecule has 0 saturated heterocycles. The van der Waals surface area contributed by atoms with Crippen LogP contribution in [-0.4, -0.2) is 82.4 Å². The highest BCUT2D eigenvalue weighted by molar-refractivity contribution is 6.15. The van der Waals surface area contributed by atoms with Gasteiger partial charge in [0.25, 0.3) is 0 Å². The van der Waals surface area contributed by atoms with E-state index in [4.69, 9.17) is 28.4 Å². The highest BCUT2D eigenvalue weighted by Crippen LogP contribution is 2.35. The standard InChI is InChI=1S/C24H55NO6Si2/c1-9-15-17-19-30-23(32,28-13-5)21(7,26-11-3)25-22(8,27-12-4)24(33,29-14-6)31-20-18-16-10-2/h25H,9-20H2,1-8,32-33H3. The lowest BCUT2D eigenvalue weighted by molar-refractivity contribution is -0.340. The third kappa shape index (κ3) is 9.97. The van der Waals surface area contributed by atoms with Gasteiger partial charge in [0.1, 0.15) is 0 Å². The molecular weight excluding hydrogens is 454 g/mol. The number of unbranched alkanes of at least 4 members (excludes halogenated alkanes) is 4. The molecule has 0 rings (SSSR count). The molecule has 0 radical (unpaired) electrons. The lowest BCUT2D eigenvalue weighted by atomic mass is 10.1. The maximum Gasteiger partial charge on any atom is 0.182 e. The molecule has 0 aromatic rings. The first-order valence-corrected chi connectivity index (χ1v) is 15.2. The van der Waals surface area contributed by atoms with Gasteiger partial charge in [-0.2, -0.15) is 0 Å². The minimum atomic E-state index is -0.959. The van der Waals surface area contributed by atoms with Crippen LogP contribution in [0.25, 0.3) is 0 Å².